The van der Waals surface area contributed by atoms with Crippen molar-refractivity contribution in [3.8, 4) is 0 Å². The summed E-state index contributed by atoms with van der Waals surface area (Å²) in [6, 6.07) is 0. The van der Waals surface area contributed by atoms with Crippen LogP contribution in [-0.2, 0) is 65.4 Å². The number of ether oxygens (including phenoxy) is 4. The Balaban J connectivity index is 5.16. The van der Waals surface area contributed by atoms with Gasteiger partial charge in [-0.3, -0.25) is 37.3 Å². The normalized spacial score (nSPS) is 13.9. The fourth-order valence-corrected chi connectivity index (χ4v) is 13.8. The van der Waals surface area contributed by atoms with Gasteiger partial charge in [0.05, 0.1) is 26.4 Å². The molecule has 0 amide bonds. The maximum atomic E-state index is 13.1. The molecule has 0 spiro atoms. The van der Waals surface area contributed by atoms with Gasteiger partial charge in [0.25, 0.3) is 0 Å². The number of hydrogen-bond acceptors (Lipinski definition) is 15. The first-order chi connectivity index (χ1) is 47.4. The summed E-state index contributed by atoms with van der Waals surface area (Å²) in [5.41, 5.74) is 0. The van der Waals surface area contributed by atoms with Crippen LogP contribution in [0.4, 0.5) is 0 Å². The molecule has 0 aliphatic rings. The van der Waals surface area contributed by atoms with E-state index in [2.05, 4.69) is 41.5 Å². The van der Waals surface area contributed by atoms with E-state index in [0.717, 1.165) is 115 Å². The van der Waals surface area contributed by atoms with E-state index >= 15 is 0 Å². The van der Waals surface area contributed by atoms with Gasteiger partial charge < -0.3 is 33.8 Å². The van der Waals surface area contributed by atoms with Crippen molar-refractivity contribution in [2.45, 2.75) is 432 Å². The van der Waals surface area contributed by atoms with Gasteiger partial charge in [-0.15, -0.1) is 0 Å². The molecule has 0 fully saturated rings. The third kappa shape index (κ3) is 72.4. The standard InChI is InChI=1S/C79H154O17P2/c1-7-9-11-13-15-16-17-18-19-20-21-22-23-24-25-26-29-33-39-45-51-57-63-78(83)96-75(68-90-77(82)62-56-50-44-38-32-30-27-28-31-36-42-47-53-59-71(3)4)70-94-98(87,88)92-66-73(80)65-91-97(85,86)93-69-74(67-89-76(81)61-55-49-41-14-12-10-8-2)95-79(84)64-58-52-46-40-35-34-37-43-48-54-60-72(5)6/h71-75,80H,7-70H2,1-6H3,(H,85,86)(H,87,88)/t73-,74+,75+/m0/s1. The third-order valence-electron chi connectivity index (χ3n) is 18.5. The lowest BCUT2D eigenvalue weighted by atomic mass is 10.0. The first-order valence-corrected chi connectivity index (χ1v) is 44.0. The highest BCUT2D eigenvalue weighted by Crippen LogP contribution is 2.45. The Bertz CT molecular complexity index is 1890. The van der Waals surface area contributed by atoms with Gasteiger partial charge in [0.15, 0.2) is 12.2 Å². The Labute approximate surface area is 600 Å². The predicted molar refractivity (Wildman–Crippen MR) is 400 cm³/mol. The fourth-order valence-electron chi connectivity index (χ4n) is 12.2. The summed E-state index contributed by atoms with van der Waals surface area (Å²) in [5, 5.41) is 10.6. The van der Waals surface area contributed by atoms with Crippen molar-refractivity contribution in [1.29, 1.82) is 0 Å². The summed E-state index contributed by atoms with van der Waals surface area (Å²) >= 11 is 0. The van der Waals surface area contributed by atoms with Gasteiger partial charge in [0.2, 0.25) is 0 Å². The number of esters is 4. The number of carbonyl (C=O) groups is 4. The number of phosphoric acid groups is 2. The van der Waals surface area contributed by atoms with Crippen molar-refractivity contribution in [3.05, 3.63) is 0 Å². The van der Waals surface area contributed by atoms with Gasteiger partial charge in [-0.05, 0) is 37.5 Å². The van der Waals surface area contributed by atoms with Crippen molar-refractivity contribution in [2.75, 3.05) is 39.6 Å². The van der Waals surface area contributed by atoms with Crippen LogP contribution in [-0.4, -0.2) is 96.7 Å². The Morgan fingerprint density at radius 2 is 0.469 bits per heavy atom. The van der Waals surface area contributed by atoms with Gasteiger partial charge in [-0.1, -0.05) is 363 Å². The largest absolute Gasteiger partial charge is 0.472 e. The van der Waals surface area contributed by atoms with Crippen LogP contribution in [0, 0.1) is 11.8 Å². The molecule has 0 saturated carbocycles. The average molecular weight is 1440 g/mol. The third-order valence-corrected chi connectivity index (χ3v) is 20.4. The Hall–Kier alpha value is -1.94. The molecule has 0 aliphatic carbocycles. The lowest BCUT2D eigenvalue weighted by molar-refractivity contribution is -0.161. The monoisotopic (exact) mass is 1440 g/mol. The Morgan fingerprint density at radius 1 is 0.276 bits per heavy atom. The maximum Gasteiger partial charge on any atom is 0.472 e. The van der Waals surface area contributed by atoms with Crippen molar-refractivity contribution in [2.24, 2.45) is 11.8 Å². The molecule has 2 unspecified atom stereocenters. The summed E-state index contributed by atoms with van der Waals surface area (Å²) in [5.74, 6) is -0.575. The van der Waals surface area contributed by atoms with Crippen LogP contribution in [0.2, 0.25) is 0 Å². The molecule has 3 N–H and O–H groups in total. The molecule has 0 aromatic heterocycles. The number of aliphatic hydroxyl groups is 1. The van der Waals surface area contributed by atoms with Gasteiger partial charge in [0.1, 0.15) is 19.3 Å². The van der Waals surface area contributed by atoms with Gasteiger partial charge in [0, 0.05) is 25.7 Å². The van der Waals surface area contributed by atoms with E-state index in [0.29, 0.717) is 25.7 Å². The molecule has 0 rings (SSSR count). The highest BCUT2D eigenvalue weighted by Gasteiger charge is 2.30. The molecule has 0 heterocycles. The molecule has 0 radical (unpaired) electrons. The van der Waals surface area contributed by atoms with E-state index in [9.17, 15) is 43.2 Å². The van der Waals surface area contributed by atoms with Crippen LogP contribution in [0.1, 0.15) is 414 Å². The van der Waals surface area contributed by atoms with Crippen molar-refractivity contribution < 1.29 is 80.2 Å². The lowest BCUT2D eigenvalue weighted by Gasteiger charge is -2.21. The van der Waals surface area contributed by atoms with Crippen molar-refractivity contribution in [3.63, 3.8) is 0 Å². The average Bonchev–Trinajstić information content (AvgIpc) is 1.15. The summed E-state index contributed by atoms with van der Waals surface area (Å²) in [6.07, 6.45) is 60.0. The van der Waals surface area contributed by atoms with Gasteiger partial charge in [-0.25, -0.2) is 9.13 Å². The van der Waals surface area contributed by atoms with E-state index in [1.165, 1.54) is 218 Å². The summed E-state index contributed by atoms with van der Waals surface area (Å²) in [4.78, 5) is 72.8. The van der Waals surface area contributed by atoms with E-state index in [4.69, 9.17) is 37.0 Å². The van der Waals surface area contributed by atoms with Crippen LogP contribution in [0.15, 0.2) is 0 Å². The maximum absolute atomic E-state index is 13.1. The second-order valence-electron chi connectivity index (χ2n) is 29.4. The van der Waals surface area contributed by atoms with Crippen molar-refractivity contribution >= 4 is 39.5 Å². The van der Waals surface area contributed by atoms with E-state index < -0.39 is 97.5 Å². The summed E-state index contributed by atoms with van der Waals surface area (Å²) < 4.78 is 68.5. The van der Waals surface area contributed by atoms with Crippen LogP contribution in [0.3, 0.4) is 0 Å². The molecule has 5 atom stereocenters. The number of phosphoric ester groups is 2. The second-order valence-corrected chi connectivity index (χ2v) is 32.3. The minimum absolute atomic E-state index is 0.106. The molecule has 0 bridgehead atoms. The molecule has 98 heavy (non-hydrogen) atoms. The molecule has 0 aliphatic heterocycles. The predicted octanol–water partition coefficient (Wildman–Crippen LogP) is 23.5. The lowest BCUT2D eigenvalue weighted by Crippen LogP contribution is -2.30. The minimum atomic E-state index is -4.96. The molecular formula is C79H154O17P2. The second kappa shape index (κ2) is 70.7. The number of unbranched alkanes of at least 4 members (excludes halogenated alkanes) is 48. The zero-order valence-corrected chi connectivity index (χ0v) is 65.9. The molecule has 19 heteroatoms. The molecule has 0 saturated heterocycles. The van der Waals surface area contributed by atoms with Crippen LogP contribution in [0.25, 0.3) is 0 Å². The van der Waals surface area contributed by atoms with Crippen LogP contribution < -0.4 is 0 Å². The number of carbonyl (C=O) groups excluding carboxylic acids is 4. The van der Waals surface area contributed by atoms with Crippen LogP contribution in [0.5, 0.6) is 0 Å². The Kier molecular flexibility index (Phi) is 69.3. The number of aliphatic hydroxyl groups excluding tert-OH is 1. The first kappa shape index (κ1) is 96.1. The molecule has 17 nitrogen and oxygen atoms in total. The highest BCUT2D eigenvalue weighted by atomic mass is 31.2. The molecular weight excluding hydrogens is 1280 g/mol. The van der Waals surface area contributed by atoms with Crippen LogP contribution >= 0.6 is 15.6 Å². The molecule has 0 aromatic carbocycles. The minimum Gasteiger partial charge on any atom is -0.462 e. The zero-order chi connectivity index (χ0) is 72.1. The van der Waals surface area contributed by atoms with Gasteiger partial charge in [-0.2, -0.15) is 0 Å². The summed E-state index contributed by atoms with van der Waals surface area (Å²) in [7, 11) is -9.91. The number of rotatable bonds is 78. The molecule has 0 aromatic rings. The Morgan fingerprint density at radius 3 is 0.694 bits per heavy atom. The number of hydrogen-bond donors (Lipinski definition) is 3. The quantitative estimate of drug-likeness (QED) is 0.0222. The van der Waals surface area contributed by atoms with E-state index in [-0.39, 0.29) is 25.7 Å². The smallest absolute Gasteiger partial charge is 0.462 e. The SMILES string of the molecule is CCCCCCCCCCCCCCCCCCCCCCCCC(=O)O[C@H](COC(=O)CCCCCCCCCCCCCCCC(C)C)COP(=O)(O)OC[C@@H](O)COP(=O)(O)OC[C@@H](COC(=O)CCCCCCCCC)OC(=O)CCCCCCCCCCCCC(C)C. The van der Waals surface area contributed by atoms with Crippen molar-refractivity contribution in [1.82, 2.24) is 0 Å². The van der Waals surface area contributed by atoms with Gasteiger partial charge >= 0.3 is 39.5 Å². The topological polar surface area (TPSA) is 237 Å². The van der Waals surface area contributed by atoms with E-state index in [1.807, 2.05) is 0 Å². The molecule has 582 valence electrons. The first-order valence-electron chi connectivity index (χ1n) is 41.0. The zero-order valence-electron chi connectivity index (χ0n) is 64.1. The fraction of sp³-hybridized carbons (Fsp3) is 0.949. The van der Waals surface area contributed by atoms with E-state index in [1.54, 1.807) is 0 Å². The summed E-state index contributed by atoms with van der Waals surface area (Å²) in [6.45, 7) is 9.58. The highest BCUT2D eigenvalue weighted by molar-refractivity contribution is 7.47.